The van der Waals surface area contributed by atoms with Crippen molar-refractivity contribution in [1.82, 2.24) is 9.62 Å². The summed E-state index contributed by atoms with van der Waals surface area (Å²) in [4.78, 5) is 26.1. The molecule has 1 N–H and O–H groups in total. The molecule has 0 saturated carbocycles. The molecule has 0 bridgehead atoms. The molecule has 29 heavy (non-hydrogen) atoms. The van der Waals surface area contributed by atoms with Crippen molar-refractivity contribution in [3.63, 3.8) is 0 Å². The third-order valence-corrected chi connectivity index (χ3v) is 6.63. The van der Waals surface area contributed by atoms with E-state index in [1.54, 1.807) is 6.92 Å². The lowest BCUT2D eigenvalue weighted by Gasteiger charge is -2.49. The van der Waals surface area contributed by atoms with E-state index >= 15 is 0 Å². The van der Waals surface area contributed by atoms with Crippen LogP contribution in [0.2, 0.25) is 0 Å². The maximum atomic E-state index is 14.0. The molecule has 8 heteroatoms. The lowest BCUT2D eigenvalue weighted by Crippen LogP contribution is -2.67. The fraction of sp³-hybridized carbons (Fsp3) is 0.333. The number of halogens is 1. The fourth-order valence-electron chi connectivity index (χ4n) is 3.33. The van der Waals surface area contributed by atoms with Crippen molar-refractivity contribution in [2.45, 2.75) is 43.5 Å². The molecule has 1 unspecified atom stereocenters. The maximum Gasteiger partial charge on any atom is 0.267 e. The Hall–Kier alpha value is -2.74. The van der Waals surface area contributed by atoms with Crippen molar-refractivity contribution >= 4 is 21.8 Å². The molecule has 1 heterocycles. The highest BCUT2D eigenvalue weighted by molar-refractivity contribution is 7.90. The molecule has 1 aliphatic heterocycles. The van der Waals surface area contributed by atoms with Crippen LogP contribution in [0.1, 0.15) is 30.9 Å². The van der Waals surface area contributed by atoms with Crippen LogP contribution >= 0.6 is 0 Å². The summed E-state index contributed by atoms with van der Waals surface area (Å²) in [6, 6.07) is 13.1. The van der Waals surface area contributed by atoms with Crippen LogP contribution in [0.25, 0.3) is 0 Å². The highest BCUT2D eigenvalue weighted by Crippen LogP contribution is 2.32. The largest absolute Gasteiger partial charge is 0.328 e. The Balaban J connectivity index is 1.69. The lowest BCUT2D eigenvalue weighted by molar-refractivity contribution is -0.156. The number of nitrogens with one attached hydrogen (secondary N) is 1. The van der Waals surface area contributed by atoms with Crippen LogP contribution in [-0.2, 0) is 26.0 Å². The molecule has 1 saturated heterocycles. The molecule has 6 nitrogen and oxygen atoms in total. The molecule has 0 radical (unpaired) electrons. The van der Waals surface area contributed by atoms with Gasteiger partial charge in [0.15, 0.2) is 0 Å². The Morgan fingerprint density at radius 1 is 1.17 bits per heavy atom. The number of rotatable bonds is 6. The molecule has 0 aliphatic carbocycles. The summed E-state index contributed by atoms with van der Waals surface area (Å²) in [5.74, 6) is -2.00. The number of hydrogen-bond donors (Lipinski definition) is 1. The summed E-state index contributed by atoms with van der Waals surface area (Å²) in [5, 5.41) is 0. The number of nitrogens with zero attached hydrogens (tertiary/aromatic N) is 1. The minimum Gasteiger partial charge on any atom is -0.328 e. The fourth-order valence-corrected chi connectivity index (χ4v) is 4.57. The van der Waals surface area contributed by atoms with Gasteiger partial charge in [-0.2, -0.15) is 0 Å². The van der Waals surface area contributed by atoms with Gasteiger partial charge in [0.05, 0.1) is 0 Å². The summed E-state index contributed by atoms with van der Waals surface area (Å²) >= 11 is 0. The van der Waals surface area contributed by atoms with Crippen molar-refractivity contribution in [3.8, 4) is 0 Å². The molecule has 3 rings (SSSR count). The van der Waals surface area contributed by atoms with Gasteiger partial charge >= 0.3 is 0 Å². The minimum absolute atomic E-state index is 0.214. The first kappa shape index (κ1) is 21.0. The van der Waals surface area contributed by atoms with Crippen LogP contribution in [0.3, 0.4) is 0 Å². The molecule has 2 aromatic rings. The quantitative estimate of drug-likeness (QED) is 0.782. The highest BCUT2D eigenvalue weighted by Gasteiger charge is 2.50. The van der Waals surface area contributed by atoms with Crippen molar-refractivity contribution in [2.75, 3.05) is 6.54 Å². The topological polar surface area (TPSA) is 83.6 Å². The van der Waals surface area contributed by atoms with E-state index in [1.165, 1.54) is 17.9 Å². The second-order valence-electron chi connectivity index (χ2n) is 7.42. The SMILES string of the molecule is Cc1ccc(F)c(S(=O)(=O)NC(=O)C2(C)CCN2C(=O)CCc2ccccc2)c1. The van der Waals surface area contributed by atoms with Gasteiger partial charge in [-0.3, -0.25) is 9.59 Å². The maximum absolute atomic E-state index is 14.0. The van der Waals surface area contributed by atoms with Gasteiger partial charge in [-0.25, -0.2) is 17.5 Å². The van der Waals surface area contributed by atoms with Gasteiger partial charge in [0.1, 0.15) is 16.3 Å². The first-order valence-electron chi connectivity index (χ1n) is 9.31. The number of benzene rings is 2. The summed E-state index contributed by atoms with van der Waals surface area (Å²) < 4.78 is 40.9. The van der Waals surface area contributed by atoms with E-state index in [-0.39, 0.29) is 12.3 Å². The number of amides is 2. The first-order chi connectivity index (χ1) is 13.6. The summed E-state index contributed by atoms with van der Waals surface area (Å²) in [6.07, 6.45) is 1.08. The van der Waals surface area contributed by atoms with Gasteiger partial charge in [-0.15, -0.1) is 0 Å². The summed E-state index contributed by atoms with van der Waals surface area (Å²) in [6.45, 7) is 3.52. The van der Waals surface area contributed by atoms with E-state index in [4.69, 9.17) is 0 Å². The molecule has 1 atom stereocenters. The van der Waals surface area contributed by atoms with Crippen molar-refractivity contribution in [3.05, 3.63) is 65.5 Å². The van der Waals surface area contributed by atoms with E-state index in [2.05, 4.69) is 0 Å². The van der Waals surface area contributed by atoms with Gasteiger partial charge in [0.25, 0.3) is 15.9 Å². The van der Waals surface area contributed by atoms with E-state index in [0.29, 0.717) is 24.9 Å². The molecule has 1 fully saturated rings. The highest BCUT2D eigenvalue weighted by atomic mass is 32.2. The monoisotopic (exact) mass is 418 g/mol. The molecule has 2 amide bonds. The average molecular weight is 418 g/mol. The normalized spacial score (nSPS) is 18.8. The second kappa shape index (κ2) is 7.94. The predicted octanol–water partition coefficient (Wildman–Crippen LogP) is 2.56. The Morgan fingerprint density at radius 3 is 2.48 bits per heavy atom. The molecule has 0 aromatic heterocycles. The van der Waals surface area contributed by atoms with Crippen LogP contribution in [0.5, 0.6) is 0 Å². The smallest absolute Gasteiger partial charge is 0.267 e. The number of aryl methyl sites for hydroxylation is 2. The van der Waals surface area contributed by atoms with Crippen LogP contribution < -0.4 is 4.72 Å². The number of carbonyl (C=O) groups excluding carboxylic acids is 2. The Kier molecular flexibility index (Phi) is 5.75. The molecule has 2 aromatic carbocycles. The molecular formula is C21H23FN2O4S. The number of hydrogen-bond acceptors (Lipinski definition) is 4. The third-order valence-electron chi connectivity index (χ3n) is 5.28. The predicted molar refractivity (Wildman–Crippen MR) is 106 cm³/mol. The van der Waals surface area contributed by atoms with Gasteiger partial charge in [-0.05, 0) is 49.9 Å². The summed E-state index contributed by atoms with van der Waals surface area (Å²) in [5.41, 5.74) is 0.276. The van der Waals surface area contributed by atoms with Gasteiger partial charge in [-0.1, -0.05) is 36.4 Å². The Bertz CT molecular complexity index is 1040. The average Bonchev–Trinajstić information content (AvgIpc) is 2.67. The van der Waals surface area contributed by atoms with Crippen LogP contribution in [0.15, 0.2) is 53.4 Å². The van der Waals surface area contributed by atoms with Gasteiger partial charge in [0, 0.05) is 13.0 Å². The van der Waals surface area contributed by atoms with Gasteiger partial charge in [0.2, 0.25) is 5.91 Å². The van der Waals surface area contributed by atoms with Crippen molar-refractivity contribution < 1.29 is 22.4 Å². The van der Waals surface area contributed by atoms with Crippen LogP contribution in [-0.4, -0.2) is 37.2 Å². The molecule has 1 aliphatic rings. The second-order valence-corrected chi connectivity index (χ2v) is 9.07. The zero-order valence-electron chi connectivity index (χ0n) is 16.3. The third kappa shape index (κ3) is 4.32. The zero-order chi connectivity index (χ0) is 21.2. The van der Waals surface area contributed by atoms with Crippen molar-refractivity contribution in [2.24, 2.45) is 0 Å². The van der Waals surface area contributed by atoms with Gasteiger partial charge < -0.3 is 4.90 Å². The van der Waals surface area contributed by atoms with E-state index < -0.39 is 32.2 Å². The molecular weight excluding hydrogens is 395 g/mol. The van der Waals surface area contributed by atoms with E-state index in [1.807, 2.05) is 35.1 Å². The minimum atomic E-state index is -4.39. The first-order valence-corrected chi connectivity index (χ1v) is 10.8. The van der Waals surface area contributed by atoms with E-state index in [0.717, 1.165) is 17.7 Å². The number of carbonyl (C=O) groups is 2. The zero-order valence-corrected chi connectivity index (χ0v) is 17.1. The van der Waals surface area contributed by atoms with Crippen LogP contribution in [0, 0.1) is 12.7 Å². The lowest BCUT2D eigenvalue weighted by atomic mass is 9.85. The summed E-state index contributed by atoms with van der Waals surface area (Å²) in [7, 11) is -4.39. The van der Waals surface area contributed by atoms with Crippen molar-refractivity contribution in [1.29, 1.82) is 0 Å². The molecule has 154 valence electrons. The van der Waals surface area contributed by atoms with E-state index in [9.17, 15) is 22.4 Å². The number of sulfonamides is 1. The molecule has 0 spiro atoms. The Labute approximate surface area is 169 Å². The Morgan fingerprint density at radius 2 is 1.86 bits per heavy atom. The standard InChI is InChI=1S/C21H23FN2O4S/c1-15-8-10-17(22)18(14-15)29(27,28)23-20(26)21(2)12-13-24(21)19(25)11-9-16-6-4-3-5-7-16/h3-8,10,14H,9,11-13H2,1-2H3,(H,23,26). The van der Waals surface area contributed by atoms with Crippen LogP contribution in [0.4, 0.5) is 4.39 Å². The number of likely N-dealkylation sites (tertiary alicyclic amines) is 1.